The lowest BCUT2D eigenvalue weighted by Crippen LogP contribution is -2.43. The first kappa shape index (κ1) is 19.2. The largest absolute Gasteiger partial charge is 0.338 e. The third-order valence-corrected chi connectivity index (χ3v) is 8.17. The number of hydrogen-bond donors (Lipinski definition) is 1. The van der Waals surface area contributed by atoms with Crippen LogP contribution in [0.2, 0.25) is 0 Å². The number of nitrogens with one attached hydrogen (secondary N) is 1. The maximum atomic E-state index is 12.7. The second-order valence-electron chi connectivity index (χ2n) is 6.30. The number of likely N-dealkylation sites (tertiary alicyclic amines) is 1. The number of carbonyl (C=O) groups excluding carboxylic acids is 2. The second kappa shape index (κ2) is 7.99. The number of rotatable bonds is 6. The fourth-order valence-electron chi connectivity index (χ4n) is 2.95. The van der Waals surface area contributed by atoms with Gasteiger partial charge in [0, 0.05) is 25.0 Å². The van der Waals surface area contributed by atoms with Crippen LogP contribution in [-0.4, -0.2) is 44.6 Å². The van der Waals surface area contributed by atoms with Crippen molar-refractivity contribution in [2.75, 3.05) is 19.6 Å². The minimum atomic E-state index is -3.48. The van der Waals surface area contributed by atoms with Gasteiger partial charge in [0.15, 0.2) is 5.78 Å². The highest BCUT2D eigenvalue weighted by Gasteiger charge is 2.27. The Morgan fingerprint density at radius 3 is 2.81 bits per heavy atom. The van der Waals surface area contributed by atoms with Crippen molar-refractivity contribution in [1.29, 1.82) is 0 Å². The normalized spacial score (nSPS) is 18.0. The Morgan fingerprint density at radius 2 is 2.15 bits per heavy atom. The van der Waals surface area contributed by atoms with E-state index >= 15 is 0 Å². The minimum Gasteiger partial charge on any atom is -0.338 e. The number of carbonyl (C=O) groups is 2. The van der Waals surface area contributed by atoms with E-state index in [1.807, 2.05) is 0 Å². The molecule has 0 spiro atoms. The second-order valence-corrected chi connectivity index (χ2v) is 10.2. The summed E-state index contributed by atoms with van der Waals surface area (Å²) in [4.78, 5) is 26.4. The Balaban J connectivity index is 1.60. The van der Waals surface area contributed by atoms with Crippen molar-refractivity contribution >= 4 is 44.4 Å². The van der Waals surface area contributed by atoms with Crippen molar-refractivity contribution in [3.8, 4) is 0 Å². The van der Waals surface area contributed by atoms with Gasteiger partial charge in [-0.25, -0.2) is 13.1 Å². The topological polar surface area (TPSA) is 83.6 Å². The summed E-state index contributed by atoms with van der Waals surface area (Å²) in [5.74, 6) is -0.0681. The Morgan fingerprint density at radius 1 is 1.35 bits per heavy atom. The fourth-order valence-corrected chi connectivity index (χ4v) is 5.88. The average Bonchev–Trinajstić information content (AvgIpc) is 3.31. The number of hydrogen-bond acceptors (Lipinski definition) is 6. The molecule has 140 valence electrons. The molecule has 1 N–H and O–H groups in total. The molecule has 0 aliphatic carbocycles. The number of amides is 1. The summed E-state index contributed by atoms with van der Waals surface area (Å²) in [6, 6.07) is 4.92. The summed E-state index contributed by atoms with van der Waals surface area (Å²) in [5.41, 5.74) is 0.528. The van der Waals surface area contributed by atoms with Gasteiger partial charge in [-0.1, -0.05) is 6.07 Å². The van der Waals surface area contributed by atoms with Gasteiger partial charge in [-0.15, -0.1) is 22.7 Å². The van der Waals surface area contributed by atoms with Gasteiger partial charge in [-0.3, -0.25) is 9.59 Å². The molecule has 2 aromatic rings. The first-order valence-electron chi connectivity index (χ1n) is 8.29. The van der Waals surface area contributed by atoms with Crippen LogP contribution in [-0.2, 0) is 10.0 Å². The number of thiophene rings is 2. The molecule has 0 radical (unpaired) electrons. The van der Waals surface area contributed by atoms with Crippen LogP contribution >= 0.6 is 22.7 Å². The van der Waals surface area contributed by atoms with Crippen molar-refractivity contribution in [1.82, 2.24) is 9.62 Å². The predicted molar refractivity (Wildman–Crippen MR) is 102 cm³/mol. The van der Waals surface area contributed by atoms with Crippen LogP contribution < -0.4 is 4.72 Å². The molecule has 3 heterocycles. The molecule has 1 fully saturated rings. The molecule has 1 aliphatic rings. The maximum absolute atomic E-state index is 12.7. The van der Waals surface area contributed by atoms with E-state index in [2.05, 4.69) is 4.72 Å². The van der Waals surface area contributed by atoms with Crippen LogP contribution in [0.3, 0.4) is 0 Å². The van der Waals surface area contributed by atoms with Crippen molar-refractivity contribution in [2.45, 2.75) is 24.0 Å². The van der Waals surface area contributed by atoms with E-state index in [9.17, 15) is 18.0 Å². The molecular weight excluding hydrogens is 392 g/mol. The molecule has 0 saturated carbocycles. The molecule has 6 nitrogen and oxygen atoms in total. The van der Waals surface area contributed by atoms with E-state index in [1.165, 1.54) is 29.6 Å². The zero-order valence-corrected chi connectivity index (χ0v) is 16.8. The van der Waals surface area contributed by atoms with Gasteiger partial charge in [0.2, 0.25) is 10.0 Å². The third-order valence-electron chi connectivity index (χ3n) is 4.32. The quantitative estimate of drug-likeness (QED) is 0.740. The molecule has 1 aliphatic heterocycles. The number of Topliss-reactive ketones (excluding diaryl/α,β-unsaturated/α-hetero) is 1. The lowest BCUT2D eigenvalue weighted by atomic mass is 9.98. The van der Waals surface area contributed by atoms with Crippen LogP contribution in [0, 0.1) is 5.92 Å². The molecule has 1 saturated heterocycles. The molecular formula is C17H20N2O4S3. The molecule has 0 aromatic carbocycles. The third kappa shape index (κ3) is 4.40. The van der Waals surface area contributed by atoms with Crippen molar-refractivity contribution in [2.24, 2.45) is 5.92 Å². The molecule has 1 unspecified atom stereocenters. The van der Waals surface area contributed by atoms with Crippen LogP contribution in [0.25, 0.3) is 0 Å². The summed E-state index contributed by atoms with van der Waals surface area (Å²) in [5, 5.41) is 3.44. The van der Waals surface area contributed by atoms with E-state index < -0.39 is 10.0 Å². The predicted octanol–water partition coefficient (Wildman–Crippen LogP) is 2.84. The summed E-state index contributed by atoms with van der Waals surface area (Å²) >= 11 is 2.46. The Labute approximate surface area is 160 Å². The highest BCUT2D eigenvalue weighted by Crippen LogP contribution is 2.22. The van der Waals surface area contributed by atoms with Crippen LogP contribution in [0.5, 0.6) is 0 Å². The Bertz CT molecular complexity index is 887. The zero-order chi connectivity index (χ0) is 18.7. The van der Waals surface area contributed by atoms with Gasteiger partial charge in [0.05, 0.1) is 10.4 Å². The van der Waals surface area contributed by atoms with Gasteiger partial charge >= 0.3 is 0 Å². The Kier molecular flexibility index (Phi) is 5.91. The zero-order valence-electron chi connectivity index (χ0n) is 14.3. The number of nitrogens with zero attached hydrogens (tertiary/aromatic N) is 1. The summed E-state index contributed by atoms with van der Waals surface area (Å²) in [6.07, 6.45) is 1.71. The molecule has 2 aromatic heterocycles. The number of sulfonamides is 1. The van der Waals surface area contributed by atoms with Crippen LogP contribution in [0.1, 0.15) is 39.8 Å². The monoisotopic (exact) mass is 412 g/mol. The summed E-state index contributed by atoms with van der Waals surface area (Å²) < 4.78 is 27.4. The van der Waals surface area contributed by atoms with E-state index in [4.69, 9.17) is 0 Å². The SMILES string of the molecule is CC(=O)c1cc(C(=O)N2CCCC(CNS(=O)(=O)c3cccs3)C2)cs1. The molecule has 9 heteroatoms. The van der Waals surface area contributed by atoms with Crippen LogP contribution in [0.4, 0.5) is 0 Å². The first-order valence-corrected chi connectivity index (χ1v) is 11.5. The molecule has 3 rings (SSSR count). The Hall–Kier alpha value is -1.55. The van der Waals surface area contributed by atoms with Gasteiger partial charge in [-0.05, 0) is 43.2 Å². The minimum absolute atomic E-state index is 0.0476. The molecule has 1 atom stereocenters. The summed E-state index contributed by atoms with van der Waals surface area (Å²) in [7, 11) is -3.48. The number of piperidine rings is 1. The fraction of sp³-hybridized carbons (Fsp3) is 0.412. The van der Waals surface area contributed by atoms with Crippen molar-refractivity contribution < 1.29 is 18.0 Å². The summed E-state index contributed by atoms with van der Waals surface area (Å²) in [6.45, 7) is 2.96. The van der Waals surface area contributed by atoms with E-state index in [1.54, 1.807) is 33.9 Å². The van der Waals surface area contributed by atoms with E-state index in [0.717, 1.165) is 12.8 Å². The average molecular weight is 413 g/mol. The van der Waals surface area contributed by atoms with Gasteiger partial charge in [-0.2, -0.15) is 0 Å². The van der Waals surface area contributed by atoms with Crippen molar-refractivity contribution in [3.63, 3.8) is 0 Å². The molecule has 1 amide bonds. The molecule has 0 bridgehead atoms. The van der Waals surface area contributed by atoms with Gasteiger partial charge in [0.25, 0.3) is 5.91 Å². The van der Waals surface area contributed by atoms with E-state index in [0.29, 0.717) is 34.3 Å². The lowest BCUT2D eigenvalue weighted by Gasteiger charge is -2.32. The van der Waals surface area contributed by atoms with Crippen molar-refractivity contribution in [3.05, 3.63) is 39.4 Å². The number of ketones is 1. The van der Waals surface area contributed by atoms with Gasteiger partial charge < -0.3 is 4.90 Å². The highest BCUT2D eigenvalue weighted by atomic mass is 32.2. The molecule has 26 heavy (non-hydrogen) atoms. The van der Waals surface area contributed by atoms with E-state index in [-0.39, 0.29) is 17.6 Å². The maximum Gasteiger partial charge on any atom is 0.254 e. The van der Waals surface area contributed by atoms with Gasteiger partial charge in [0.1, 0.15) is 4.21 Å². The lowest BCUT2D eigenvalue weighted by molar-refractivity contribution is 0.0677. The smallest absolute Gasteiger partial charge is 0.254 e. The highest BCUT2D eigenvalue weighted by molar-refractivity contribution is 7.91. The first-order chi connectivity index (χ1) is 12.4. The standard InChI is InChI=1S/C17H20N2O4S3/c1-12(20)15-8-14(11-25-15)17(21)19-6-2-4-13(10-19)9-18-26(22,23)16-5-3-7-24-16/h3,5,7-8,11,13,18H,2,4,6,9-10H2,1H3. The van der Waals surface area contributed by atoms with Crippen LogP contribution in [0.15, 0.2) is 33.2 Å².